The molecule has 3 aromatic rings. The lowest BCUT2D eigenvalue weighted by molar-refractivity contribution is 0.0773. The Labute approximate surface area is 205 Å². The number of benzene rings is 2. The number of rotatable bonds is 3. The number of hydrogen-bond acceptors (Lipinski definition) is 4. The van der Waals surface area contributed by atoms with E-state index in [2.05, 4.69) is 29.2 Å². The lowest BCUT2D eigenvalue weighted by Crippen LogP contribution is -2.47. The molecule has 2 bridgehead atoms. The fourth-order valence-electron chi connectivity index (χ4n) is 6.02. The normalized spacial score (nSPS) is 21.3. The van der Waals surface area contributed by atoms with Crippen LogP contribution < -0.4 is 16.2 Å². The highest BCUT2D eigenvalue weighted by Crippen LogP contribution is 2.38. The molecule has 178 valence electrons. The van der Waals surface area contributed by atoms with E-state index in [1.54, 1.807) is 6.07 Å². The van der Waals surface area contributed by atoms with Crippen LogP contribution in [0, 0.1) is 5.92 Å². The summed E-state index contributed by atoms with van der Waals surface area (Å²) in [7, 11) is 0. The van der Waals surface area contributed by atoms with Gasteiger partial charge < -0.3 is 20.1 Å². The van der Waals surface area contributed by atoms with Gasteiger partial charge in [-0.3, -0.25) is 9.59 Å². The van der Waals surface area contributed by atoms with Crippen LogP contribution in [0.2, 0.25) is 0 Å². The maximum Gasteiger partial charge on any atom is 0.254 e. The van der Waals surface area contributed by atoms with Crippen LogP contribution in [0.4, 0.5) is 11.4 Å². The van der Waals surface area contributed by atoms with Gasteiger partial charge in [0.2, 0.25) is 0 Å². The number of hydrogen-bond donors (Lipinski definition) is 1. The van der Waals surface area contributed by atoms with Crippen LogP contribution in [0.1, 0.15) is 40.4 Å². The Morgan fingerprint density at radius 1 is 0.943 bits per heavy atom. The van der Waals surface area contributed by atoms with Crippen molar-refractivity contribution in [3.05, 3.63) is 100.0 Å². The summed E-state index contributed by atoms with van der Waals surface area (Å²) >= 11 is 0. The molecule has 0 saturated carbocycles. The summed E-state index contributed by atoms with van der Waals surface area (Å²) in [5, 5.41) is 0. The summed E-state index contributed by atoms with van der Waals surface area (Å²) in [5.41, 5.74) is 12.5. The number of aromatic nitrogens is 1. The second-order valence-electron chi connectivity index (χ2n) is 9.97. The van der Waals surface area contributed by atoms with E-state index in [0.29, 0.717) is 36.2 Å². The predicted molar refractivity (Wildman–Crippen MR) is 140 cm³/mol. The van der Waals surface area contributed by atoms with Crippen molar-refractivity contribution >= 4 is 22.9 Å². The minimum atomic E-state index is 0.0235. The molecule has 1 aromatic heterocycles. The molecular weight excluding hydrogens is 436 g/mol. The van der Waals surface area contributed by atoms with Crippen LogP contribution in [0.25, 0.3) is 5.57 Å². The molecule has 6 heteroatoms. The second kappa shape index (κ2) is 8.77. The van der Waals surface area contributed by atoms with E-state index in [-0.39, 0.29) is 11.5 Å². The lowest BCUT2D eigenvalue weighted by Gasteiger charge is -2.44. The summed E-state index contributed by atoms with van der Waals surface area (Å²) in [6.07, 6.45) is 4.11. The van der Waals surface area contributed by atoms with E-state index in [9.17, 15) is 9.59 Å². The molecule has 2 N–H and O–H groups in total. The monoisotopic (exact) mass is 466 g/mol. The van der Waals surface area contributed by atoms with Crippen LogP contribution in [0.5, 0.6) is 0 Å². The van der Waals surface area contributed by atoms with Gasteiger partial charge in [0.05, 0.1) is 11.4 Å². The van der Waals surface area contributed by atoms with Gasteiger partial charge in [-0.2, -0.15) is 0 Å². The highest BCUT2D eigenvalue weighted by atomic mass is 16.2. The number of pyridine rings is 1. The third-order valence-corrected chi connectivity index (χ3v) is 7.74. The van der Waals surface area contributed by atoms with Crippen molar-refractivity contribution in [2.75, 3.05) is 36.8 Å². The van der Waals surface area contributed by atoms with E-state index in [1.807, 2.05) is 51.9 Å². The molecule has 2 atom stereocenters. The van der Waals surface area contributed by atoms with Gasteiger partial charge in [0.1, 0.15) is 0 Å². The average Bonchev–Trinajstić information content (AvgIpc) is 2.89. The molecule has 2 aromatic carbocycles. The highest BCUT2D eigenvalue weighted by Gasteiger charge is 2.35. The number of nitrogens with zero attached hydrogens (tertiary/aromatic N) is 3. The molecule has 0 spiro atoms. The standard InChI is InChI=1S/C29H30N4O2/c30-25-16-23(29(35)31-13-11-22(12-14-31)21-5-2-1-3-6-21)9-10-27(25)32-17-20-15-24(19-32)26-7-4-8-28(34)33(26)18-20/h1-11,16,20,24H,12-15,17-19,30H2. The zero-order valence-corrected chi connectivity index (χ0v) is 19.8. The van der Waals surface area contributed by atoms with Crippen molar-refractivity contribution < 1.29 is 4.79 Å². The van der Waals surface area contributed by atoms with Crippen molar-refractivity contribution in [3.8, 4) is 0 Å². The fourth-order valence-corrected chi connectivity index (χ4v) is 6.02. The van der Waals surface area contributed by atoms with E-state index in [1.165, 1.54) is 11.1 Å². The number of anilines is 2. The Hall–Kier alpha value is -3.80. The number of fused-ring (bicyclic) bond motifs is 4. The van der Waals surface area contributed by atoms with E-state index < -0.39 is 0 Å². The SMILES string of the molecule is Nc1cc(C(=O)N2CC=C(c3ccccc3)CC2)ccc1N1CC2CC(C1)c1cccc(=O)n1C2. The summed E-state index contributed by atoms with van der Waals surface area (Å²) in [4.78, 5) is 29.7. The Balaban J connectivity index is 1.18. The molecule has 6 nitrogen and oxygen atoms in total. The highest BCUT2D eigenvalue weighted by molar-refractivity contribution is 5.96. The van der Waals surface area contributed by atoms with Gasteiger partial charge in [0, 0.05) is 56.0 Å². The Morgan fingerprint density at radius 3 is 2.57 bits per heavy atom. The van der Waals surface area contributed by atoms with Crippen LogP contribution in [0.15, 0.2) is 77.6 Å². The van der Waals surface area contributed by atoms with E-state index in [0.717, 1.165) is 43.9 Å². The van der Waals surface area contributed by atoms with Crippen molar-refractivity contribution in [2.24, 2.45) is 5.92 Å². The first-order valence-corrected chi connectivity index (χ1v) is 12.4. The Bertz CT molecular complexity index is 1360. The fraction of sp³-hybridized carbons (Fsp3) is 0.310. The molecule has 6 rings (SSSR count). The smallest absolute Gasteiger partial charge is 0.254 e. The molecule has 35 heavy (non-hydrogen) atoms. The third kappa shape index (κ3) is 4.03. The van der Waals surface area contributed by atoms with Crippen molar-refractivity contribution in [3.63, 3.8) is 0 Å². The van der Waals surface area contributed by atoms with Gasteiger partial charge in [-0.1, -0.05) is 42.5 Å². The van der Waals surface area contributed by atoms with Gasteiger partial charge in [0.25, 0.3) is 11.5 Å². The second-order valence-corrected chi connectivity index (χ2v) is 9.97. The van der Waals surface area contributed by atoms with Crippen LogP contribution in [-0.2, 0) is 6.54 Å². The molecule has 0 aliphatic carbocycles. The van der Waals surface area contributed by atoms with E-state index >= 15 is 0 Å². The van der Waals surface area contributed by atoms with Gasteiger partial charge in [-0.15, -0.1) is 0 Å². The van der Waals surface area contributed by atoms with Crippen molar-refractivity contribution in [2.45, 2.75) is 25.3 Å². The van der Waals surface area contributed by atoms with Crippen LogP contribution in [-0.4, -0.2) is 41.6 Å². The lowest BCUT2D eigenvalue weighted by atomic mass is 9.83. The first-order valence-electron chi connectivity index (χ1n) is 12.4. The summed E-state index contributed by atoms with van der Waals surface area (Å²) in [6.45, 7) is 3.77. The number of nitrogens with two attached hydrogens (primary N) is 1. The number of carbonyl (C=O) groups is 1. The first kappa shape index (κ1) is 21.7. The Morgan fingerprint density at radius 2 is 1.80 bits per heavy atom. The van der Waals surface area contributed by atoms with Gasteiger partial charge >= 0.3 is 0 Å². The number of carbonyl (C=O) groups excluding carboxylic acids is 1. The van der Waals surface area contributed by atoms with Crippen LogP contribution >= 0.6 is 0 Å². The molecule has 0 radical (unpaired) electrons. The summed E-state index contributed by atoms with van der Waals surface area (Å²) in [5.74, 6) is 0.757. The molecule has 4 heterocycles. The number of piperidine rings is 1. The molecule has 3 aliphatic heterocycles. The summed E-state index contributed by atoms with van der Waals surface area (Å²) in [6, 6.07) is 21.7. The number of nitrogen functional groups attached to an aromatic ring is 1. The van der Waals surface area contributed by atoms with Gasteiger partial charge in [0.15, 0.2) is 0 Å². The maximum atomic E-state index is 13.2. The van der Waals surface area contributed by atoms with Crippen molar-refractivity contribution in [1.82, 2.24) is 9.47 Å². The topological polar surface area (TPSA) is 71.6 Å². The minimum absolute atomic E-state index is 0.0235. The first-order chi connectivity index (χ1) is 17.1. The van der Waals surface area contributed by atoms with E-state index in [4.69, 9.17) is 5.73 Å². The van der Waals surface area contributed by atoms with Gasteiger partial charge in [-0.25, -0.2) is 0 Å². The minimum Gasteiger partial charge on any atom is -0.397 e. The Kier molecular flexibility index (Phi) is 5.44. The third-order valence-electron chi connectivity index (χ3n) is 7.74. The molecule has 1 saturated heterocycles. The molecular formula is C29H30N4O2. The molecule has 2 unspecified atom stereocenters. The molecule has 1 fully saturated rings. The quantitative estimate of drug-likeness (QED) is 0.593. The maximum absolute atomic E-state index is 13.2. The predicted octanol–water partition coefficient (Wildman–Crippen LogP) is 3.98. The molecule has 3 aliphatic rings. The van der Waals surface area contributed by atoms with Crippen LogP contribution in [0.3, 0.4) is 0 Å². The number of amides is 1. The molecule has 1 amide bonds. The zero-order valence-electron chi connectivity index (χ0n) is 19.8. The average molecular weight is 467 g/mol. The van der Waals surface area contributed by atoms with Gasteiger partial charge in [-0.05, 0) is 54.2 Å². The van der Waals surface area contributed by atoms with Crippen molar-refractivity contribution in [1.29, 1.82) is 0 Å². The zero-order chi connectivity index (χ0) is 23.9. The summed E-state index contributed by atoms with van der Waals surface area (Å²) < 4.78 is 1.94. The largest absolute Gasteiger partial charge is 0.397 e.